The number of sulfonamides is 2. The van der Waals surface area contributed by atoms with E-state index in [-0.39, 0.29) is 15.0 Å². The highest BCUT2D eigenvalue weighted by Gasteiger charge is 2.34. The summed E-state index contributed by atoms with van der Waals surface area (Å²) in [7, 11) is -6.02. The van der Waals surface area contributed by atoms with Gasteiger partial charge in [0.2, 0.25) is 10.0 Å². The fourth-order valence-corrected chi connectivity index (χ4v) is 6.06. The molecule has 19 heavy (non-hydrogen) atoms. The molecule has 0 saturated heterocycles. The van der Waals surface area contributed by atoms with Crippen LogP contribution in [0.5, 0.6) is 0 Å². The first-order valence-corrected chi connectivity index (χ1v) is 9.21. The lowest BCUT2D eigenvalue weighted by atomic mass is 10.2. The Bertz CT molecular complexity index is 677. The van der Waals surface area contributed by atoms with Crippen LogP contribution in [0, 0.1) is 0 Å². The predicted molar refractivity (Wildman–Crippen MR) is 70.0 cm³/mol. The molecule has 1 aliphatic heterocycles. The number of nitrogens with two attached hydrogens (primary N) is 1. The zero-order chi connectivity index (χ0) is 14.3. The first kappa shape index (κ1) is 14.9. The van der Waals surface area contributed by atoms with Crippen molar-refractivity contribution in [1.82, 2.24) is 4.31 Å². The molecule has 2 heterocycles. The zero-order valence-corrected chi connectivity index (χ0v) is 12.6. The summed E-state index contributed by atoms with van der Waals surface area (Å²) in [6.45, 7) is 0.863. The minimum absolute atomic E-state index is 0.0684. The fourth-order valence-electron chi connectivity index (χ4n) is 1.83. The summed E-state index contributed by atoms with van der Waals surface area (Å²) >= 11 is 0.703. The van der Waals surface area contributed by atoms with Gasteiger partial charge in [0, 0.05) is 20.2 Å². The number of nitrogens with zero attached hydrogens (tertiary/aromatic N) is 1. The molecule has 0 aromatic carbocycles. The van der Waals surface area contributed by atoms with Crippen molar-refractivity contribution in [2.75, 3.05) is 26.8 Å². The minimum atomic E-state index is -3.87. The predicted octanol–water partition coefficient (Wildman–Crippen LogP) is -0.411. The lowest BCUT2D eigenvalue weighted by Gasteiger charge is -2.25. The van der Waals surface area contributed by atoms with Gasteiger partial charge in [0.1, 0.15) is 8.42 Å². The Kier molecular flexibility index (Phi) is 4.00. The molecular formula is C9H14N2O5S3. The summed E-state index contributed by atoms with van der Waals surface area (Å²) in [4.78, 5) is 0. The highest BCUT2D eigenvalue weighted by atomic mass is 32.3. The SMILES string of the molecule is COCCN1CCc2cc(S(N)(=O)=O)sc2S1(=O)=O. The summed E-state index contributed by atoms with van der Waals surface area (Å²) < 4.78 is 53.3. The first-order chi connectivity index (χ1) is 8.76. The van der Waals surface area contributed by atoms with Gasteiger partial charge in [0.15, 0.2) is 0 Å². The molecule has 0 bridgehead atoms. The van der Waals surface area contributed by atoms with Crippen LogP contribution in [0.3, 0.4) is 0 Å². The van der Waals surface area contributed by atoms with Crippen molar-refractivity contribution in [2.24, 2.45) is 5.14 Å². The fraction of sp³-hybridized carbons (Fsp3) is 0.556. The quantitative estimate of drug-likeness (QED) is 0.809. The van der Waals surface area contributed by atoms with E-state index in [0.717, 1.165) is 0 Å². The molecule has 108 valence electrons. The van der Waals surface area contributed by atoms with Gasteiger partial charge >= 0.3 is 0 Å². The zero-order valence-electron chi connectivity index (χ0n) is 10.2. The number of fused-ring (bicyclic) bond motifs is 1. The van der Waals surface area contributed by atoms with Gasteiger partial charge in [-0.25, -0.2) is 22.0 Å². The van der Waals surface area contributed by atoms with Gasteiger partial charge in [0.05, 0.1) is 6.61 Å². The number of methoxy groups -OCH3 is 1. The van der Waals surface area contributed by atoms with Crippen LogP contribution < -0.4 is 5.14 Å². The molecule has 0 atom stereocenters. The second kappa shape index (κ2) is 5.11. The third kappa shape index (κ3) is 2.83. The van der Waals surface area contributed by atoms with Crippen LogP contribution in [-0.2, 0) is 31.2 Å². The van der Waals surface area contributed by atoms with Crippen molar-refractivity contribution in [2.45, 2.75) is 14.8 Å². The first-order valence-electron chi connectivity index (χ1n) is 5.41. The molecule has 0 spiro atoms. The Hall–Kier alpha value is -0.520. The van der Waals surface area contributed by atoms with Crippen molar-refractivity contribution in [3.05, 3.63) is 11.6 Å². The molecule has 2 rings (SSSR count). The highest BCUT2D eigenvalue weighted by Crippen LogP contribution is 2.35. The van der Waals surface area contributed by atoms with Gasteiger partial charge < -0.3 is 4.74 Å². The summed E-state index contributed by atoms with van der Waals surface area (Å²) in [5, 5.41) is 5.03. The normalized spacial score (nSPS) is 19.3. The van der Waals surface area contributed by atoms with Crippen molar-refractivity contribution in [3.63, 3.8) is 0 Å². The third-order valence-corrected chi connectivity index (χ3v) is 7.83. The van der Waals surface area contributed by atoms with Crippen LogP contribution in [0.2, 0.25) is 0 Å². The van der Waals surface area contributed by atoms with E-state index in [0.29, 0.717) is 36.5 Å². The molecule has 7 nitrogen and oxygen atoms in total. The number of hydrogen-bond acceptors (Lipinski definition) is 6. The number of rotatable bonds is 4. The van der Waals surface area contributed by atoms with Gasteiger partial charge in [-0.1, -0.05) is 0 Å². The molecule has 1 aromatic heterocycles. The van der Waals surface area contributed by atoms with Crippen molar-refractivity contribution in [1.29, 1.82) is 0 Å². The van der Waals surface area contributed by atoms with E-state index in [1.165, 1.54) is 17.5 Å². The summed E-state index contributed by atoms with van der Waals surface area (Å²) in [5.41, 5.74) is 0.516. The van der Waals surface area contributed by atoms with E-state index < -0.39 is 20.0 Å². The molecule has 1 aliphatic rings. The van der Waals surface area contributed by atoms with Gasteiger partial charge in [-0.2, -0.15) is 4.31 Å². The van der Waals surface area contributed by atoms with Crippen LogP contribution in [-0.4, -0.2) is 47.9 Å². The van der Waals surface area contributed by atoms with E-state index in [4.69, 9.17) is 9.88 Å². The second-order valence-corrected chi connectivity index (χ2v) is 9.04. The molecule has 10 heteroatoms. The molecule has 0 fully saturated rings. The Morgan fingerprint density at radius 2 is 2.21 bits per heavy atom. The summed E-state index contributed by atoms with van der Waals surface area (Å²) in [6, 6.07) is 1.35. The Morgan fingerprint density at radius 3 is 2.79 bits per heavy atom. The largest absolute Gasteiger partial charge is 0.383 e. The number of primary sulfonamides is 1. The van der Waals surface area contributed by atoms with Crippen molar-refractivity contribution < 1.29 is 21.6 Å². The second-order valence-electron chi connectivity index (χ2n) is 4.07. The molecule has 0 saturated carbocycles. The average molecular weight is 326 g/mol. The Morgan fingerprint density at radius 1 is 1.53 bits per heavy atom. The minimum Gasteiger partial charge on any atom is -0.383 e. The molecule has 0 amide bonds. The number of ether oxygens (including phenoxy) is 1. The molecule has 2 N–H and O–H groups in total. The van der Waals surface area contributed by atoms with Crippen molar-refractivity contribution >= 4 is 31.4 Å². The van der Waals surface area contributed by atoms with E-state index in [2.05, 4.69) is 0 Å². The monoisotopic (exact) mass is 326 g/mol. The highest BCUT2D eigenvalue weighted by molar-refractivity contribution is 7.94. The third-order valence-electron chi connectivity index (χ3n) is 2.78. The van der Waals surface area contributed by atoms with Gasteiger partial charge in [-0.05, 0) is 18.1 Å². The van der Waals surface area contributed by atoms with E-state index in [1.807, 2.05) is 0 Å². The summed E-state index contributed by atoms with van der Waals surface area (Å²) in [5.74, 6) is 0. The Labute approximate surface area is 116 Å². The molecule has 0 aliphatic carbocycles. The standard InChI is InChI=1S/C9H14N2O5S3/c1-16-5-4-11-3-2-7-6-8(18(10,12)13)17-9(7)19(11,14)15/h6H,2-5H2,1H3,(H2,10,12,13). The van der Waals surface area contributed by atoms with Crippen LogP contribution in [0.1, 0.15) is 5.56 Å². The lowest BCUT2D eigenvalue weighted by molar-refractivity contribution is 0.178. The summed E-state index contributed by atoms with van der Waals surface area (Å²) in [6.07, 6.45) is 0.476. The number of hydrogen-bond donors (Lipinski definition) is 1. The molecule has 0 radical (unpaired) electrons. The van der Waals surface area contributed by atoms with Gasteiger partial charge in [-0.15, -0.1) is 11.3 Å². The number of thiophene rings is 1. The van der Waals surface area contributed by atoms with Crippen LogP contribution in [0.4, 0.5) is 0 Å². The maximum Gasteiger partial charge on any atom is 0.252 e. The van der Waals surface area contributed by atoms with Crippen LogP contribution in [0.15, 0.2) is 14.5 Å². The molecule has 0 unspecified atom stereocenters. The van der Waals surface area contributed by atoms with Crippen LogP contribution >= 0.6 is 11.3 Å². The van der Waals surface area contributed by atoms with Gasteiger partial charge in [-0.3, -0.25) is 0 Å². The lowest BCUT2D eigenvalue weighted by Crippen LogP contribution is -2.38. The van der Waals surface area contributed by atoms with E-state index in [1.54, 1.807) is 0 Å². The molecule has 1 aromatic rings. The smallest absolute Gasteiger partial charge is 0.252 e. The van der Waals surface area contributed by atoms with E-state index in [9.17, 15) is 16.8 Å². The molecular weight excluding hydrogens is 312 g/mol. The maximum absolute atomic E-state index is 12.3. The average Bonchev–Trinajstić information content (AvgIpc) is 2.73. The maximum atomic E-state index is 12.3. The van der Waals surface area contributed by atoms with Gasteiger partial charge in [0.25, 0.3) is 10.0 Å². The van der Waals surface area contributed by atoms with Crippen LogP contribution in [0.25, 0.3) is 0 Å². The topological polar surface area (TPSA) is 107 Å². The van der Waals surface area contributed by atoms with Crippen molar-refractivity contribution in [3.8, 4) is 0 Å². The Balaban J connectivity index is 2.42. The van der Waals surface area contributed by atoms with E-state index >= 15 is 0 Å².